The number of hydrogen-bond donors (Lipinski definition) is 0. The number of nitrogens with zero attached hydrogens (tertiary/aromatic N) is 2. The summed E-state index contributed by atoms with van der Waals surface area (Å²) in [6.07, 6.45) is 4.39. The van der Waals surface area contributed by atoms with E-state index in [0.29, 0.717) is 0 Å². The molecular formula is C18H26N2. The zero-order valence-electron chi connectivity index (χ0n) is 12.6. The highest BCUT2D eigenvalue weighted by molar-refractivity contribution is 5.18. The van der Waals surface area contributed by atoms with Crippen LogP contribution in [0.1, 0.15) is 24.8 Å². The molecule has 3 aliphatic rings. The summed E-state index contributed by atoms with van der Waals surface area (Å²) in [6, 6.07) is 11.0. The predicted octanol–water partition coefficient (Wildman–Crippen LogP) is 2.85. The second-order valence-electron chi connectivity index (χ2n) is 7.37. The van der Waals surface area contributed by atoms with Crippen LogP contribution in [0, 0.1) is 17.3 Å². The molecule has 2 unspecified atom stereocenters. The molecule has 2 heteroatoms. The van der Waals surface area contributed by atoms with Gasteiger partial charge in [-0.05, 0) is 62.2 Å². The van der Waals surface area contributed by atoms with Gasteiger partial charge in [0.05, 0.1) is 0 Å². The zero-order chi connectivity index (χ0) is 13.6. The summed E-state index contributed by atoms with van der Waals surface area (Å²) in [5, 5.41) is 0. The Balaban J connectivity index is 1.39. The molecular weight excluding hydrogens is 244 g/mol. The Hall–Kier alpha value is -0.860. The number of rotatable bonds is 3. The number of piperidine rings is 2. The molecule has 2 heterocycles. The zero-order valence-corrected chi connectivity index (χ0v) is 12.6. The monoisotopic (exact) mass is 270 g/mol. The van der Waals surface area contributed by atoms with Gasteiger partial charge in [-0.25, -0.2) is 0 Å². The Morgan fingerprint density at radius 2 is 1.85 bits per heavy atom. The Bertz CT molecular complexity index is 464. The average molecular weight is 270 g/mol. The molecule has 0 amide bonds. The quantitative estimate of drug-likeness (QED) is 0.833. The van der Waals surface area contributed by atoms with Crippen LogP contribution in [-0.4, -0.2) is 43.0 Å². The lowest BCUT2D eigenvalue weighted by Crippen LogP contribution is -2.36. The third-order valence-electron chi connectivity index (χ3n) is 6.06. The van der Waals surface area contributed by atoms with Gasteiger partial charge >= 0.3 is 0 Å². The minimum Gasteiger partial charge on any atom is -0.306 e. The molecule has 0 aromatic heterocycles. The van der Waals surface area contributed by atoms with Crippen LogP contribution < -0.4 is 0 Å². The molecule has 1 saturated carbocycles. The molecule has 20 heavy (non-hydrogen) atoms. The minimum atomic E-state index is 0.718. The van der Waals surface area contributed by atoms with Crippen LogP contribution in [0.5, 0.6) is 0 Å². The second-order valence-corrected chi connectivity index (χ2v) is 7.37. The van der Waals surface area contributed by atoms with Crippen molar-refractivity contribution in [3.05, 3.63) is 35.9 Å². The fourth-order valence-corrected chi connectivity index (χ4v) is 4.81. The summed E-state index contributed by atoms with van der Waals surface area (Å²) in [7, 11) is 2.27. The van der Waals surface area contributed by atoms with Crippen molar-refractivity contribution in [1.82, 2.24) is 9.80 Å². The van der Waals surface area contributed by atoms with Crippen LogP contribution in [0.15, 0.2) is 30.3 Å². The van der Waals surface area contributed by atoms with Gasteiger partial charge in [-0.1, -0.05) is 30.3 Å². The van der Waals surface area contributed by atoms with Crippen molar-refractivity contribution in [2.24, 2.45) is 17.3 Å². The number of hydrogen-bond acceptors (Lipinski definition) is 2. The highest BCUT2D eigenvalue weighted by Gasteiger charge is 2.62. The van der Waals surface area contributed by atoms with E-state index in [9.17, 15) is 0 Å². The lowest BCUT2D eigenvalue weighted by molar-refractivity contribution is 0.142. The maximum Gasteiger partial charge on any atom is 0.0234 e. The van der Waals surface area contributed by atoms with Gasteiger partial charge in [0.1, 0.15) is 0 Å². The molecule has 0 spiro atoms. The third kappa shape index (κ3) is 2.19. The van der Waals surface area contributed by atoms with Crippen molar-refractivity contribution in [2.45, 2.75) is 25.8 Å². The maximum absolute atomic E-state index is 2.71. The van der Waals surface area contributed by atoms with Crippen LogP contribution in [0.4, 0.5) is 0 Å². The molecule has 2 saturated heterocycles. The van der Waals surface area contributed by atoms with E-state index in [4.69, 9.17) is 0 Å². The summed E-state index contributed by atoms with van der Waals surface area (Å²) < 4.78 is 0. The molecule has 4 rings (SSSR count). The fraction of sp³-hybridized carbons (Fsp3) is 0.667. The first kappa shape index (κ1) is 12.8. The minimum absolute atomic E-state index is 0.718. The van der Waals surface area contributed by atoms with E-state index < -0.39 is 0 Å². The lowest BCUT2D eigenvalue weighted by atomic mass is 9.81. The topological polar surface area (TPSA) is 6.48 Å². The number of benzene rings is 1. The predicted molar refractivity (Wildman–Crippen MR) is 82.5 cm³/mol. The van der Waals surface area contributed by atoms with Crippen LogP contribution in [0.2, 0.25) is 0 Å². The van der Waals surface area contributed by atoms with E-state index in [1.54, 1.807) is 0 Å². The van der Waals surface area contributed by atoms with Crippen molar-refractivity contribution >= 4 is 0 Å². The Morgan fingerprint density at radius 3 is 2.60 bits per heavy atom. The van der Waals surface area contributed by atoms with Gasteiger partial charge in [0.25, 0.3) is 0 Å². The smallest absolute Gasteiger partial charge is 0.0234 e. The first-order valence-electron chi connectivity index (χ1n) is 8.21. The summed E-state index contributed by atoms with van der Waals surface area (Å²) in [6.45, 7) is 6.50. The van der Waals surface area contributed by atoms with E-state index >= 15 is 0 Å². The number of fused-ring (bicyclic) bond motifs is 1. The fourth-order valence-electron chi connectivity index (χ4n) is 4.81. The van der Waals surface area contributed by atoms with Gasteiger partial charge in [0, 0.05) is 19.6 Å². The molecule has 1 aromatic rings. The van der Waals surface area contributed by atoms with Crippen LogP contribution >= 0.6 is 0 Å². The molecule has 1 aromatic carbocycles. The molecule has 0 N–H and O–H groups in total. The first-order chi connectivity index (χ1) is 9.76. The average Bonchev–Trinajstić information content (AvgIpc) is 3.04. The third-order valence-corrected chi connectivity index (χ3v) is 6.06. The van der Waals surface area contributed by atoms with Crippen molar-refractivity contribution in [3.8, 4) is 0 Å². The Labute approximate surface area is 122 Å². The first-order valence-corrected chi connectivity index (χ1v) is 8.21. The van der Waals surface area contributed by atoms with Crippen LogP contribution in [-0.2, 0) is 6.54 Å². The molecule has 0 radical (unpaired) electrons. The molecule has 2 aliphatic heterocycles. The van der Waals surface area contributed by atoms with E-state index in [-0.39, 0.29) is 0 Å². The largest absolute Gasteiger partial charge is 0.306 e. The molecule has 0 bridgehead atoms. The van der Waals surface area contributed by atoms with Gasteiger partial charge in [-0.2, -0.15) is 0 Å². The molecule has 1 aliphatic carbocycles. The highest BCUT2D eigenvalue weighted by atomic mass is 15.2. The summed E-state index contributed by atoms with van der Waals surface area (Å²) in [5.74, 6) is 2.02. The van der Waals surface area contributed by atoms with Crippen molar-refractivity contribution in [3.63, 3.8) is 0 Å². The molecule has 108 valence electrons. The van der Waals surface area contributed by atoms with Gasteiger partial charge in [-0.3, -0.25) is 4.90 Å². The van der Waals surface area contributed by atoms with Crippen molar-refractivity contribution in [1.29, 1.82) is 0 Å². The molecule has 2 atom stereocenters. The lowest BCUT2D eigenvalue weighted by Gasteiger charge is -2.35. The standard InChI is InChI=1S/C18H26N2/c1-19-9-7-16(8-10-19)18-11-17(18)13-20(14-18)12-15-5-3-2-4-6-15/h2-6,16-17H,7-14H2,1H3. The van der Waals surface area contributed by atoms with E-state index in [1.807, 2.05) is 0 Å². The highest BCUT2D eigenvalue weighted by Crippen LogP contribution is 2.64. The van der Waals surface area contributed by atoms with E-state index in [1.165, 1.54) is 51.0 Å². The SMILES string of the molecule is CN1CCC(C23CC2CN(Cc2ccccc2)C3)CC1. The second kappa shape index (κ2) is 4.85. The molecule has 2 nitrogen and oxygen atoms in total. The Morgan fingerprint density at radius 1 is 1.10 bits per heavy atom. The number of likely N-dealkylation sites (tertiary alicyclic amines) is 2. The van der Waals surface area contributed by atoms with Crippen LogP contribution in [0.25, 0.3) is 0 Å². The maximum atomic E-state index is 2.71. The van der Waals surface area contributed by atoms with Crippen molar-refractivity contribution in [2.75, 3.05) is 33.2 Å². The normalized spacial score (nSPS) is 35.1. The van der Waals surface area contributed by atoms with Gasteiger partial charge in [0.2, 0.25) is 0 Å². The summed E-state index contributed by atoms with van der Waals surface area (Å²) in [4.78, 5) is 5.21. The summed E-state index contributed by atoms with van der Waals surface area (Å²) >= 11 is 0. The van der Waals surface area contributed by atoms with E-state index in [0.717, 1.165) is 23.8 Å². The van der Waals surface area contributed by atoms with Crippen molar-refractivity contribution < 1.29 is 0 Å². The van der Waals surface area contributed by atoms with Crippen LogP contribution in [0.3, 0.4) is 0 Å². The summed E-state index contributed by atoms with van der Waals surface area (Å²) in [5.41, 5.74) is 2.20. The van der Waals surface area contributed by atoms with Gasteiger partial charge in [-0.15, -0.1) is 0 Å². The Kier molecular flexibility index (Phi) is 3.12. The van der Waals surface area contributed by atoms with Gasteiger partial charge < -0.3 is 4.90 Å². The van der Waals surface area contributed by atoms with E-state index in [2.05, 4.69) is 47.2 Å². The molecule has 3 fully saturated rings. The van der Waals surface area contributed by atoms with Gasteiger partial charge in [0.15, 0.2) is 0 Å².